The normalized spacial score (nSPS) is 12.7. The van der Waals surface area contributed by atoms with Crippen molar-refractivity contribution < 1.29 is 10.2 Å². The molecule has 2 N–H and O–H groups in total. The Balaban J connectivity index is 2.57. The van der Waals surface area contributed by atoms with Gasteiger partial charge in [0.05, 0.1) is 0 Å². The third-order valence-electron chi connectivity index (χ3n) is 2.81. The van der Waals surface area contributed by atoms with E-state index in [9.17, 15) is 10.2 Å². The molecule has 1 aromatic carbocycles. The summed E-state index contributed by atoms with van der Waals surface area (Å²) in [5.74, 6) is 0.386. The van der Waals surface area contributed by atoms with Gasteiger partial charge in [-0.15, -0.1) is 0 Å². The summed E-state index contributed by atoms with van der Waals surface area (Å²) in [6.45, 7) is 4.35. The van der Waals surface area contributed by atoms with Gasteiger partial charge in [0.25, 0.3) is 0 Å². The van der Waals surface area contributed by atoms with E-state index >= 15 is 0 Å². The molecule has 0 unspecified atom stereocenters. The molecule has 0 radical (unpaired) electrons. The smallest absolute Gasteiger partial charge is 0.157 e. The lowest BCUT2D eigenvalue weighted by Crippen LogP contribution is -1.93. The molecule has 1 rings (SSSR count). The minimum Gasteiger partial charge on any atom is -0.504 e. The topological polar surface area (TPSA) is 40.5 Å². The zero-order valence-electron chi connectivity index (χ0n) is 9.53. The number of hydrogen-bond donors (Lipinski definition) is 2. The highest BCUT2D eigenvalue weighted by Crippen LogP contribution is 2.30. The first-order valence-corrected chi connectivity index (χ1v) is 5.67. The monoisotopic (exact) mass is 208 g/mol. The molecule has 2 nitrogen and oxygen atoms in total. The summed E-state index contributed by atoms with van der Waals surface area (Å²) >= 11 is 0. The van der Waals surface area contributed by atoms with Crippen LogP contribution < -0.4 is 0 Å². The van der Waals surface area contributed by atoms with E-state index < -0.39 is 0 Å². The van der Waals surface area contributed by atoms with Gasteiger partial charge in [-0.2, -0.15) is 0 Å². The Morgan fingerprint density at radius 2 is 1.87 bits per heavy atom. The van der Waals surface area contributed by atoms with Gasteiger partial charge >= 0.3 is 0 Å². The second-order valence-corrected chi connectivity index (χ2v) is 4.14. The number of unbranched alkanes of at least 4 members (excludes halogenated alkanes) is 2. The van der Waals surface area contributed by atoms with E-state index in [1.807, 2.05) is 6.07 Å². The number of rotatable bonds is 5. The van der Waals surface area contributed by atoms with Crippen LogP contribution in [-0.2, 0) is 0 Å². The van der Waals surface area contributed by atoms with Crippen molar-refractivity contribution in [3.63, 3.8) is 0 Å². The molecule has 1 aromatic rings. The van der Waals surface area contributed by atoms with Crippen LogP contribution in [0.25, 0.3) is 0 Å². The van der Waals surface area contributed by atoms with Gasteiger partial charge in [-0.05, 0) is 30.0 Å². The molecule has 84 valence electrons. The Kier molecular flexibility index (Phi) is 4.47. The number of hydrogen-bond acceptors (Lipinski definition) is 2. The Bertz CT molecular complexity index is 307. The van der Waals surface area contributed by atoms with Gasteiger partial charge < -0.3 is 10.2 Å². The van der Waals surface area contributed by atoms with Crippen molar-refractivity contribution in [2.24, 2.45) is 0 Å². The van der Waals surface area contributed by atoms with Gasteiger partial charge in [0.15, 0.2) is 11.5 Å². The molecule has 0 heterocycles. The maximum absolute atomic E-state index is 9.37. The summed E-state index contributed by atoms with van der Waals surface area (Å²) in [5.41, 5.74) is 1.10. The number of phenolic OH excluding ortho intramolecular Hbond substituents is 2. The minimum absolute atomic E-state index is 0.0187. The molecular formula is C13H20O2. The third kappa shape index (κ3) is 3.46. The van der Waals surface area contributed by atoms with Crippen LogP contribution in [0.3, 0.4) is 0 Å². The fourth-order valence-corrected chi connectivity index (χ4v) is 1.71. The third-order valence-corrected chi connectivity index (χ3v) is 2.81. The maximum Gasteiger partial charge on any atom is 0.157 e. The molecule has 0 aliphatic carbocycles. The standard InChI is InChI=1S/C13H20O2/c1-3-4-5-6-10(2)11-7-8-12(14)13(15)9-11/h7-10,14-15H,3-6H2,1-2H3/t10-/m0/s1. The summed E-state index contributed by atoms with van der Waals surface area (Å²) in [6.07, 6.45) is 4.85. The van der Waals surface area contributed by atoms with E-state index in [1.165, 1.54) is 19.3 Å². The summed E-state index contributed by atoms with van der Waals surface area (Å²) in [7, 11) is 0. The van der Waals surface area contributed by atoms with Crippen LogP contribution in [0.2, 0.25) is 0 Å². The van der Waals surface area contributed by atoms with Gasteiger partial charge in [-0.3, -0.25) is 0 Å². The second kappa shape index (κ2) is 5.64. The molecule has 0 fully saturated rings. The highest BCUT2D eigenvalue weighted by Gasteiger charge is 2.07. The van der Waals surface area contributed by atoms with Crippen LogP contribution >= 0.6 is 0 Å². The average molecular weight is 208 g/mol. The van der Waals surface area contributed by atoms with Crippen LogP contribution in [0.4, 0.5) is 0 Å². The molecule has 0 spiro atoms. The summed E-state index contributed by atoms with van der Waals surface area (Å²) in [5, 5.41) is 18.6. The number of benzene rings is 1. The van der Waals surface area contributed by atoms with E-state index in [0.29, 0.717) is 5.92 Å². The van der Waals surface area contributed by atoms with E-state index in [4.69, 9.17) is 0 Å². The second-order valence-electron chi connectivity index (χ2n) is 4.14. The molecule has 0 aromatic heterocycles. The first-order valence-electron chi connectivity index (χ1n) is 5.67. The Morgan fingerprint density at radius 1 is 1.13 bits per heavy atom. The van der Waals surface area contributed by atoms with Crippen molar-refractivity contribution in [3.05, 3.63) is 23.8 Å². The molecular weight excluding hydrogens is 188 g/mol. The fourth-order valence-electron chi connectivity index (χ4n) is 1.71. The SMILES string of the molecule is CCCCC[C@H](C)c1ccc(O)c(O)c1. The van der Waals surface area contributed by atoms with Crippen LogP contribution in [0.5, 0.6) is 11.5 Å². The van der Waals surface area contributed by atoms with Crippen molar-refractivity contribution in [1.29, 1.82) is 0 Å². The highest BCUT2D eigenvalue weighted by atomic mass is 16.3. The zero-order valence-corrected chi connectivity index (χ0v) is 9.53. The van der Waals surface area contributed by atoms with Crippen LogP contribution in [-0.4, -0.2) is 10.2 Å². The molecule has 0 bridgehead atoms. The fraction of sp³-hybridized carbons (Fsp3) is 0.538. The van der Waals surface area contributed by atoms with Crippen molar-refractivity contribution in [1.82, 2.24) is 0 Å². The van der Waals surface area contributed by atoms with Gasteiger partial charge in [0.1, 0.15) is 0 Å². The molecule has 0 saturated carbocycles. The molecule has 1 atom stereocenters. The number of phenols is 2. The lowest BCUT2D eigenvalue weighted by atomic mass is 9.95. The van der Waals surface area contributed by atoms with Gasteiger partial charge in [0, 0.05) is 0 Å². The first-order chi connectivity index (χ1) is 7.15. The molecule has 0 saturated heterocycles. The van der Waals surface area contributed by atoms with Crippen molar-refractivity contribution in [2.45, 2.75) is 45.4 Å². The quantitative estimate of drug-likeness (QED) is 0.571. The maximum atomic E-state index is 9.37. The summed E-state index contributed by atoms with van der Waals surface area (Å²) < 4.78 is 0. The highest BCUT2D eigenvalue weighted by molar-refractivity contribution is 5.41. The van der Waals surface area contributed by atoms with Crippen LogP contribution in [0.1, 0.15) is 51.0 Å². The van der Waals surface area contributed by atoms with Gasteiger partial charge in [0.2, 0.25) is 0 Å². The van der Waals surface area contributed by atoms with Crippen LogP contribution in [0.15, 0.2) is 18.2 Å². The van der Waals surface area contributed by atoms with E-state index in [2.05, 4.69) is 13.8 Å². The van der Waals surface area contributed by atoms with Crippen molar-refractivity contribution in [3.8, 4) is 11.5 Å². The van der Waals surface area contributed by atoms with E-state index in [0.717, 1.165) is 12.0 Å². The lowest BCUT2D eigenvalue weighted by molar-refractivity contribution is 0.402. The predicted molar refractivity (Wildman–Crippen MR) is 62.3 cm³/mol. The lowest BCUT2D eigenvalue weighted by Gasteiger charge is -2.12. The van der Waals surface area contributed by atoms with Crippen molar-refractivity contribution >= 4 is 0 Å². The zero-order chi connectivity index (χ0) is 11.3. The average Bonchev–Trinajstić information content (AvgIpc) is 2.22. The Labute approximate surface area is 91.6 Å². The largest absolute Gasteiger partial charge is 0.504 e. The molecule has 0 aliphatic rings. The summed E-state index contributed by atoms with van der Waals surface area (Å²) in [6, 6.07) is 5.10. The number of aromatic hydroxyl groups is 2. The minimum atomic E-state index is -0.0421. The molecule has 15 heavy (non-hydrogen) atoms. The predicted octanol–water partition coefficient (Wildman–Crippen LogP) is 3.78. The van der Waals surface area contributed by atoms with E-state index in [1.54, 1.807) is 12.1 Å². The molecule has 0 aliphatic heterocycles. The first kappa shape index (κ1) is 11.9. The Morgan fingerprint density at radius 3 is 2.47 bits per heavy atom. The van der Waals surface area contributed by atoms with Crippen LogP contribution in [0, 0.1) is 0 Å². The summed E-state index contributed by atoms with van der Waals surface area (Å²) in [4.78, 5) is 0. The van der Waals surface area contributed by atoms with Gasteiger partial charge in [-0.25, -0.2) is 0 Å². The Hall–Kier alpha value is -1.18. The molecule has 0 amide bonds. The van der Waals surface area contributed by atoms with E-state index in [-0.39, 0.29) is 11.5 Å². The van der Waals surface area contributed by atoms with Gasteiger partial charge in [-0.1, -0.05) is 39.2 Å². The molecule has 2 heteroatoms. The van der Waals surface area contributed by atoms with Crippen molar-refractivity contribution in [2.75, 3.05) is 0 Å².